The average molecular weight is 505 g/mol. The Morgan fingerprint density at radius 2 is 2.03 bits per heavy atom. The zero-order valence-corrected chi connectivity index (χ0v) is 20.8. The van der Waals surface area contributed by atoms with Gasteiger partial charge in [0.25, 0.3) is 0 Å². The van der Waals surface area contributed by atoms with Crippen molar-refractivity contribution in [3.63, 3.8) is 0 Å². The molecule has 3 heterocycles. The Kier molecular flexibility index (Phi) is 7.19. The van der Waals surface area contributed by atoms with Crippen LogP contribution in [0.1, 0.15) is 46.9 Å². The number of nitriles is 3. The number of anilines is 2. The van der Waals surface area contributed by atoms with Gasteiger partial charge in [-0.3, -0.25) is 4.79 Å². The zero-order valence-electron chi connectivity index (χ0n) is 18.3. The highest BCUT2D eigenvalue weighted by atomic mass is 32.2. The van der Waals surface area contributed by atoms with Crippen molar-refractivity contribution in [3.8, 4) is 28.6 Å². The Morgan fingerprint density at radius 3 is 2.71 bits per heavy atom. The summed E-state index contributed by atoms with van der Waals surface area (Å²) in [6.07, 6.45) is 3.04. The maximum atomic E-state index is 12.6. The summed E-state index contributed by atoms with van der Waals surface area (Å²) in [5.74, 6) is 0.814. The van der Waals surface area contributed by atoms with E-state index in [0.29, 0.717) is 32.8 Å². The Labute approximate surface area is 209 Å². The molecular weight excluding hydrogens is 485 g/mol. The highest BCUT2D eigenvalue weighted by molar-refractivity contribution is 7.99. The lowest BCUT2D eigenvalue weighted by molar-refractivity contribution is -0.115. The number of rotatable bonds is 6. The van der Waals surface area contributed by atoms with Gasteiger partial charge in [-0.2, -0.15) is 15.8 Å². The summed E-state index contributed by atoms with van der Waals surface area (Å²) in [5.41, 5.74) is 8.63. The van der Waals surface area contributed by atoms with Crippen molar-refractivity contribution in [2.75, 3.05) is 16.8 Å². The molecule has 0 spiro atoms. The third-order valence-corrected chi connectivity index (χ3v) is 8.66. The minimum Gasteiger partial charge on any atom is -0.383 e. The largest absolute Gasteiger partial charge is 0.383 e. The van der Waals surface area contributed by atoms with Crippen LogP contribution in [0.2, 0.25) is 0 Å². The van der Waals surface area contributed by atoms with E-state index in [2.05, 4.69) is 35.4 Å². The topological polar surface area (TPSA) is 139 Å². The molecule has 1 aliphatic rings. The molecule has 1 unspecified atom stereocenters. The van der Waals surface area contributed by atoms with E-state index in [1.165, 1.54) is 39.3 Å². The van der Waals surface area contributed by atoms with Crippen LogP contribution < -0.4 is 11.1 Å². The number of aromatic nitrogens is 1. The van der Waals surface area contributed by atoms with E-state index in [1.54, 1.807) is 0 Å². The number of nitrogens with zero attached hydrogens (tertiary/aromatic N) is 4. The van der Waals surface area contributed by atoms with Crippen LogP contribution in [0.15, 0.2) is 22.5 Å². The first-order valence-corrected chi connectivity index (χ1v) is 13.3. The normalized spacial score (nSPS) is 14.5. The van der Waals surface area contributed by atoms with Crippen LogP contribution in [-0.4, -0.2) is 16.6 Å². The third-order valence-electron chi connectivity index (χ3n) is 5.63. The lowest BCUT2D eigenvalue weighted by Gasteiger charge is -2.17. The number of hydrogen-bond donors (Lipinski definition) is 2. The molecule has 3 aromatic heterocycles. The fraction of sp³-hybridized carbons (Fsp3) is 0.292. The van der Waals surface area contributed by atoms with Crippen LogP contribution in [0.25, 0.3) is 10.4 Å². The first-order valence-electron chi connectivity index (χ1n) is 10.6. The molecule has 1 atom stereocenters. The predicted octanol–water partition coefficient (Wildman–Crippen LogP) is 5.31. The van der Waals surface area contributed by atoms with Crippen molar-refractivity contribution >= 4 is 51.2 Å². The summed E-state index contributed by atoms with van der Waals surface area (Å²) >= 11 is 4.16. The number of nitrogens with one attached hydrogen (secondary N) is 1. The van der Waals surface area contributed by atoms with Gasteiger partial charge in [0.1, 0.15) is 39.6 Å². The second-order valence-electron chi connectivity index (χ2n) is 7.94. The highest BCUT2D eigenvalue weighted by Crippen LogP contribution is 2.40. The number of thiophene rings is 2. The van der Waals surface area contributed by atoms with Crippen molar-refractivity contribution in [3.05, 3.63) is 44.6 Å². The standard InChI is InChI=1S/C24H20N6OS3/c1-13-4-5-14-15(10-25)24(34-19(14)9-13)29-20(31)6-8-33-23-17(12-27)21(18-3-2-7-32-18)16(11-26)22(28)30-23/h2-3,7,13H,4-6,8-9H2,1H3,(H2,28,30)(H,29,31). The summed E-state index contributed by atoms with van der Waals surface area (Å²) in [6.45, 7) is 2.20. The molecule has 4 rings (SSSR count). The molecule has 1 amide bonds. The van der Waals surface area contributed by atoms with Gasteiger partial charge in [0.15, 0.2) is 0 Å². The molecule has 0 saturated carbocycles. The van der Waals surface area contributed by atoms with Gasteiger partial charge in [-0.05, 0) is 42.2 Å². The molecule has 3 aromatic rings. The van der Waals surface area contributed by atoms with Gasteiger partial charge in [0.05, 0.1) is 11.1 Å². The van der Waals surface area contributed by atoms with Crippen LogP contribution in [-0.2, 0) is 17.6 Å². The van der Waals surface area contributed by atoms with E-state index < -0.39 is 0 Å². The molecule has 0 fully saturated rings. The van der Waals surface area contributed by atoms with Crippen LogP contribution >= 0.6 is 34.4 Å². The van der Waals surface area contributed by atoms with Gasteiger partial charge < -0.3 is 11.1 Å². The van der Waals surface area contributed by atoms with Crippen LogP contribution in [0.4, 0.5) is 10.8 Å². The summed E-state index contributed by atoms with van der Waals surface area (Å²) in [7, 11) is 0. The van der Waals surface area contributed by atoms with Gasteiger partial charge in [-0.1, -0.05) is 13.0 Å². The van der Waals surface area contributed by atoms with E-state index in [1.807, 2.05) is 17.5 Å². The zero-order chi connectivity index (χ0) is 24.2. The number of nitrogens with two attached hydrogens (primary N) is 1. The monoisotopic (exact) mass is 504 g/mol. The summed E-state index contributed by atoms with van der Waals surface area (Å²) in [5, 5.41) is 34.8. The fourth-order valence-electron chi connectivity index (χ4n) is 3.96. The van der Waals surface area contributed by atoms with E-state index in [9.17, 15) is 20.6 Å². The number of hydrogen-bond acceptors (Lipinski definition) is 9. The molecule has 7 nitrogen and oxygen atoms in total. The maximum Gasteiger partial charge on any atom is 0.225 e. The molecule has 10 heteroatoms. The Balaban J connectivity index is 1.49. The number of amides is 1. The molecule has 34 heavy (non-hydrogen) atoms. The Hall–Kier alpha value is -3.36. The van der Waals surface area contributed by atoms with Gasteiger partial charge in [0.2, 0.25) is 5.91 Å². The van der Waals surface area contributed by atoms with Gasteiger partial charge in [0, 0.05) is 27.5 Å². The SMILES string of the molecule is CC1CCc2c(sc(NC(=O)CCSc3nc(N)c(C#N)c(-c4cccs4)c3C#N)c2C#N)C1. The average Bonchev–Trinajstić information content (AvgIpc) is 3.45. The van der Waals surface area contributed by atoms with E-state index in [-0.39, 0.29) is 29.3 Å². The molecule has 170 valence electrons. The number of carbonyl (C=O) groups is 1. The quantitative estimate of drug-likeness (QED) is 0.433. The third kappa shape index (κ3) is 4.64. The summed E-state index contributed by atoms with van der Waals surface area (Å²) in [6, 6.07) is 10.2. The summed E-state index contributed by atoms with van der Waals surface area (Å²) in [4.78, 5) is 18.9. The Morgan fingerprint density at radius 1 is 1.26 bits per heavy atom. The molecule has 0 saturated heterocycles. The highest BCUT2D eigenvalue weighted by Gasteiger charge is 2.25. The minimum absolute atomic E-state index is 0.0638. The molecule has 0 bridgehead atoms. The van der Waals surface area contributed by atoms with E-state index in [4.69, 9.17) is 5.73 Å². The minimum atomic E-state index is -0.200. The number of thioether (sulfide) groups is 1. The van der Waals surface area contributed by atoms with Gasteiger partial charge in [-0.25, -0.2) is 4.98 Å². The van der Waals surface area contributed by atoms with Gasteiger partial charge in [-0.15, -0.1) is 34.4 Å². The lowest BCUT2D eigenvalue weighted by Crippen LogP contribution is -2.12. The molecule has 0 radical (unpaired) electrons. The first kappa shape index (κ1) is 23.8. The second kappa shape index (κ2) is 10.3. The van der Waals surface area contributed by atoms with Crippen LogP contribution in [0.3, 0.4) is 0 Å². The molecule has 3 N–H and O–H groups in total. The summed E-state index contributed by atoms with van der Waals surface area (Å²) < 4.78 is 0. The van der Waals surface area contributed by atoms with Crippen molar-refractivity contribution in [2.24, 2.45) is 5.92 Å². The van der Waals surface area contributed by atoms with Crippen molar-refractivity contribution in [1.29, 1.82) is 15.8 Å². The lowest BCUT2D eigenvalue weighted by atomic mass is 9.89. The van der Waals surface area contributed by atoms with Crippen molar-refractivity contribution < 1.29 is 4.79 Å². The van der Waals surface area contributed by atoms with Crippen molar-refractivity contribution in [2.45, 2.75) is 37.6 Å². The van der Waals surface area contributed by atoms with Gasteiger partial charge >= 0.3 is 0 Å². The van der Waals surface area contributed by atoms with Crippen LogP contribution in [0.5, 0.6) is 0 Å². The smallest absolute Gasteiger partial charge is 0.225 e. The number of carbonyl (C=O) groups excluding carboxylic acids is 1. The van der Waals surface area contributed by atoms with E-state index in [0.717, 1.165) is 29.7 Å². The van der Waals surface area contributed by atoms with E-state index >= 15 is 0 Å². The molecule has 0 aromatic carbocycles. The fourth-order valence-corrected chi connectivity index (χ4v) is 7.05. The maximum absolute atomic E-state index is 12.6. The number of pyridine rings is 1. The predicted molar refractivity (Wildman–Crippen MR) is 136 cm³/mol. The Bertz CT molecular complexity index is 1370. The van der Waals surface area contributed by atoms with Crippen LogP contribution in [0, 0.1) is 39.9 Å². The molecule has 1 aliphatic carbocycles. The van der Waals surface area contributed by atoms with Crippen molar-refractivity contribution in [1.82, 2.24) is 4.98 Å². The molecular formula is C24H20N6OS3. The molecule has 0 aliphatic heterocycles. The number of fused-ring (bicyclic) bond motifs is 1. The first-order chi connectivity index (χ1) is 16.5. The number of nitrogen functional groups attached to an aromatic ring is 1. The second-order valence-corrected chi connectivity index (χ2v) is 11.1.